The van der Waals surface area contributed by atoms with E-state index in [1.165, 1.54) is 4.90 Å². The van der Waals surface area contributed by atoms with Crippen molar-refractivity contribution in [2.24, 2.45) is 5.92 Å². The van der Waals surface area contributed by atoms with Gasteiger partial charge < -0.3 is 4.74 Å². The van der Waals surface area contributed by atoms with Crippen molar-refractivity contribution in [2.75, 3.05) is 17.1 Å². The molecule has 0 spiro atoms. The van der Waals surface area contributed by atoms with E-state index in [9.17, 15) is 9.59 Å². The molecule has 3 heterocycles. The van der Waals surface area contributed by atoms with Crippen molar-refractivity contribution in [1.82, 2.24) is 0 Å². The van der Waals surface area contributed by atoms with Crippen molar-refractivity contribution >= 4 is 34.5 Å². The maximum Gasteiger partial charge on any atom is 0.266 e. The van der Waals surface area contributed by atoms with Crippen LogP contribution in [0.2, 0.25) is 0 Å². The van der Waals surface area contributed by atoms with Gasteiger partial charge in [0.15, 0.2) is 6.10 Å². The summed E-state index contributed by atoms with van der Waals surface area (Å²) in [4.78, 5) is 34.9. The minimum absolute atomic E-state index is 0.248. The molecule has 6 nitrogen and oxygen atoms in total. The second kappa shape index (κ2) is 7.02. The molecule has 7 heteroatoms. The molecule has 3 aromatic rings. The Morgan fingerprint density at radius 2 is 1.66 bits per heavy atom. The van der Waals surface area contributed by atoms with Crippen LogP contribution in [0.3, 0.4) is 0 Å². The number of methoxy groups -OCH3 is 1. The van der Waals surface area contributed by atoms with E-state index in [2.05, 4.69) is 0 Å². The first-order valence-electron chi connectivity index (χ1n) is 9.25. The van der Waals surface area contributed by atoms with Crippen LogP contribution < -0.4 is 14.7 Å². The molecule has 2 aliphatic heterocycles. The van der Waals surface area contributed by atoms with Crippen molar-refractivity contribution in [3.05, 3.63) is 77.0 Å². The Balaban J connectivity index is 1.54. The predicted molar refractivity (Wildman–Crippen MR) is 110 cm³/mol. The number of benzene rings is 2. The van der Waals surface area contributed by atoms with Gasteiger partial charge in [0, 0.05) is 4.88 Å². The van der Waals surface area contributed by atoms with Gasteiger partial charge in [-0.15, -0.1) is 11.3 Å². The van der Waals surface area contributed by atoms with Crippen molar-refractivity contribution in [3.63, 3.8) is 0 Å². The summed E-state index contributed by atoms with van der Waals surface area (Å²) in [5, 5.41) is 3.68. The molecular weight excluding hydrogens is 388 g/mol. The average molecular weight is 406 g/mol. The number of ether oxygens (including phenoxy) is 1. The van der Waals surface area contributed by atoms with Crippen LogP contribution in [0.4, 0.5) is 11.4 Å². The highest BCUT2D eigenvalue weighted by atomic mass is 32.1. The number of rotatable bonds is 4. The van der Waals surface area contributed by atoms with E-state index in [-0.39, 0.29) is 17.9 Å². The highest BCUT2D eigenvalue weighted by molar-refractivity contribution is 7.10. The lowest BCUT2D eigenvalue weighted by Crippen LogP contribution is -2.37. The quantitative estimate of drug-likeness (QED) is 0.617. The normalized spacial score (nSPS) is 23.6. The molecule has 0 bridgehead atoms. The van der Waals surface area contributed by atoms with Gasteiger partial charge in [-0.2, -0.15) is 0 Å². The minimum Gasteiger partial charge on any atom is -0.497 e. The number of hydrogen-bond donors (Lipinski definition) is 0. The summed E-state index contributed by atoms with van der Waals surface area (Å²) in [6.07, 6.45) is -0.850. The number of carbonyl (C=O) groups excluding carboxylic acids is 2. The lowest BCUT2D eigenvalue weighted by Gasteiger charge is -2.27. The van der Waals surface area contributed by atoms with Gasteiger partial charge in [0.2, 0.25) is 5.91 Å². The highest BCUT2D eigenvalue weighted by Gasteiger charge is 2.60. The predicted octanol–water partition coefficient (Wildman–Crippen LogP) is 3.81. The molecule has 2 saturated heterocycles. The summed E-state index contributed by atoms with van der Waals surface area (Å²) in [7, 11) is 1.57. The van der Waals surface area contributed by atoms with Gasteiger partial charge in [0.1, 0.15) is 17.7 Å². The van der Waals surface area contributed by atoms with Crippen LogP contribution in [-0.4, -0.2) is 25.0 Å². The van der Waals surface area contributed by atoms with Crippen LogP contribution in [0.1, 0.15) is 10.9 Å². The molecule has 3 atom stereocenters. The number of carbonyl (C=O) groups is 2. The summed E-state index contributed by atoms with van der Waals surface area (Å²) >= 11 is 1.55. The molecule has 0 unspecified atom stereocenters. The van der Waals surface area contributed by atoms with Gasteiger partial charge in [0.25, 0.3) is 5.91 Å². The molecule has 5 rings (SSSR count). The molecule has 2 aliphatic rings. The number of nitrogens with zero attached hydrogens (tertiary/aromatic N) is 2. The minimum atomic E-state index is -0.850. The maximum atomic E-state index is 13.4. The molecule has 1 aromatic heterocycles. The van der Waals surface area contributed by atoms with E-state index in [0.29, 0.717) is 11.4 Å². The fourth-order valence-corrected chi connectivity index (χ4v) is 4.80. The number of anilines is 2. The van der Waals surface area contributed by atoms with Gasteiger partial charge in [-0.1, -0.05) is 24.3 Å². The standard InChI is InChI=1S/C22H18N2O4S/c1-27-16-11-9-14(10-12-16)23-21(25)18-19(17-8-5-13-29-17)24(28-20(18)22(23)26)15-6-3-2-4-7-15/h2-13,18-20H,1H3/t18-,19+,20+/m1/s1. The third kappa shape index (κ3) is 2.82. The molecule has 2 fully saturated rings. The average Bonchev–Trinajstić information content (AvgIpc) is 3.47. The summed E-state index contributed by atoms with van der Waals surface area (Å²) in [6, 6.07) is 20.0. The Morgan fingerprint density at radius 1 is 0.897 bits per heavy atom. The zero-order valence-electron chi connectivity index (χ0n) is 15.6. The monoisotopic (exact) mass is 406 g/mol. The zero-order chi connectivity index (χ0) is 20.0. The van der Waals surface area contributed by atoms with Crippen LogP contribution in [0, 0.1) is 5.92 Å². The Bertz CT molecular complexity index is 1040. The Hall–Kier alpha value is -3.16. The zero-order valence-corrected chi connectivity index (χ0v) is 16.4. The van der Waals surface area contributed by atoms with Crippen molar-refractivity contribution in [3.8, 4) is 5.75 Å². The number of thiophene rings is 1. The Labute approximate surface area is 171 Å². The van der Waals surface area contributed by atoms with E-state index >= 15 is 0 Å². The number of hydroxylamine groups is 1. The van der Waals surface area contributed by atoms with Gasteiger partial charge >= 0.3 is 0 Å². The topological polar surface area (TPSA) is 59.1 Å². The van der Waals surface area contributed by atoms with Gasteiger partial charge in [-0.05, 0) is 47.8 Å². The molecule has 0 radical (unpaired) electrons. The SMILES string of the molecule is COc1ccc(N2C(=O)[C@H]3[C@H](ON(c4ccccc4)[C@H]3c3cccs3)C2=O)cc1. The third-order valence-corrected chi connectivity index (χ3v) is 6.23. The molecule has 2 aromatic carbocycles. The number of imide groups is 1. The summed E-state index contributed by atoms with van der Waals surface area (Å²) in [6.45, 7) is 0. The lowest BCUT2D eigenvalue weighted by molar-refractivity contribution is -0.126. The van der Waals surface area contributed by atoms with E-state index in [1.54, 1.807) is 47.8 Å². The van der Waals surface area contributed by atoms with Gasteiger partial charge in [-0.25, -0.2) is 9.96 Å². The van der Waals surface area contributed by atoms with Crippen molar-refractivity contribution in [2.45, 2.75) is 12.1 Å². The fourth-order valence-electron chi connectivity index (χ4n) is 3.95. The number of hydrogen-bond acceptors (Lipinski definition) is 6. The van der Waals surface area contributed by atoms with E-state index in [4.69, 9.17) is 9.57 Å². The second-order valence-corrected chi connectivity index (χ2v) is 7.86. The van der Waals surface area contributed by atoms with Crippen LogP contribution in [-0.2, 0) is 14.4 Å². The first kappa shape index (κ1) is 17.9. The second-order valence-electron chi connectivity index (χ2n) is 6.88. The number of para-hydroxylation sites is 1. The highest BCUT2D eigenvalue weighted by Crippen LogP contribution is 2.48. The molecule has 2 amide bonds. The smallest absolute Gasteiger partial charge is 0.266 e. The molecule has 0 N–H and O–H groups in total. The van der Waals surface area contributed by atoms with Crippen LogP contribution in [0.5, 0.6) is 5.75 Å². The summed E-state index contributed by atoms with van der Waals surface area (Å²) in [5.41, 5.74) is 1.34. The van der Waals surface area contributed by atoms with Gasteiger partial charge in [-0.3, -0.25) is 14.4 Å². The molecule has 0 aliphatic carbocycles. The maximum absolute atomic E-state index is 13.4. The number of amides is 2. The fraction of sp³-hybridized carbons (Fsp3) is 0.182. The Kier molecular flexibility index (Phi) is 4.34. The largest absolute Gasteiger partial charge is 0.497 e. The van der Waals surface area contributed by atoms with E-state index in [1.807, 2.05) is 47.8 Å². The van der Waals surface area contributed by atoms with Crippen LogP contribution >= 0.6 is 11.3 Å². The molecular formula is C22H18N2O4S. The van der Waals surface area contributed by atoms with Gasteiger partial charge in [0.05, 0.1) is 18.5 Å². The van der Waals surface area contributed by atoms with Crippen molar-refractivity contribution in [1.29, 1.82) is 0 Å². The molecule has 0 saturated carbocycles. The lowest BCUT2D eigenvalue weighted by atomic mass is 9.95. The summed E-state index contributed by atoms with van der Waals surface area (Å²) in [5.74, 6) is -0.536. The number of fused-ring (bicyclic) bond motifs is 1. The first-order chi connectivity index (χ1) is 14.2. The van der Waals surface area contributed by atoms with Crippen LogP contribution in [0.25, 0.3) is 0 Å². The van der Waals surface area contributed by atoms with Crippen LogP contribution in [0.15, 0.2) is 72.1 Å². The first-order valence-corrected chi connectivity index (χ1v) is 10.1. The summed E-state index contributed by atoms with van der Waals surface area (Å²) < 4.78 is 5.17. The Morgan fingerprint density at radius 3 is 2.31 bits per heavy atom. The van der Waals surface area contributed by atoms with E-state index < -0.39 is 12.0 Å². The molecule has 29 heavy (non-hydrogen) atoms. The van der Waals surface area contributed by atoms with E-state index in [0.717, 1.165) is 10.6 Å². The third-order valence-electron chi connectivity index (χ3n) is 5.29. The van der Waals surface area contributed by atoms with Crippen molar-refractivity contribution < 1.29 is 19.2 Å². The molecule has 146 valence electrons.